The van der Waals surface area contributed by atoms with Gasteiger partial charge in [-0.15, -0.1) is 11.3 Å². The average molecular weight is 293 g/mol. The maximum Gasteiger partial charge on any atom is 0.237 e. The Bertz CT molecular complexity index is 483. The summed E-state index contributed by atoms with van der Waals surface area (Å²) in [4.78, 5) is 21.5. The lowest BCUT2D eigenvalue weighted by Crippen LogP contribution is -2.44. The Hall–Kier alpha value is -0.940. The van der Waals surface area contributed by atoms with E-state index in [0.717, 1.165) is 30.1 Å². The number of aromatic nitrogens is 1. The lowest BCUT2D eigenvalue weighted by atomic mass is 10.0. The second-order valence-corrected chi connectivity index (χ2v) is 6.96. The van der Waals surface area contributed by atoms with Crippen LogP contribution in [0.15, 0.2) is 5.38 Å². The van der Waals surface area contributed by atoms with Crippen molar-refractivity contribution in [3.8, 4) is 0 Å². The number of rotatable bonds is 4. The first kappa shape index (κ1) is 14.0. The second-order valence-electron chi connectivity index (χ2n) is 6.07. The van der Waals surface area contributed by atoms with Crippen LogP contribution in [0.1, 0.15) is 48.8 Å². The van der Waals surface area contributed by atoms with E-state index >= 15 is 0 Å². The molecule has 1 aromatic heterocycles. The van der Waals surface area contributed by atoms with Crippen LogP contribution in [0.25, 0.3) is 0 Å². The van der Waals surface area contributed by atoms with E-state index < -0.39 is 0 Å². The third-order valence-corrected chi connectivity index (χ3v) is 5.36. The molecule has 1 aliphatic heterocycles. The molecular weight excluding hydrogens is 270 g/mol. The first-order valence-corrected chi connectivity index (χ1v) is 8.45. The van der Waals surface area contributed by atoms with E-state index in [1.165, 1.54) is 19.3 Å². The molecule has 0 N–H and O–H groups in total. The molecular formula is C15H23N3OS. The van der Waals surface area contributed by atoms with Crippen molar-refractivity contribution >= 4 is 17.2 Å². The minimum atomic E-state index is 0.211. The van der Waals surface area contributed by atoms with Crippen LogP contribution in [0.3, 0.4) is 0 Å². The predicted molar refractivity (Wildman–Crippen MR) is 80.8 cm³/mol. The molecule has 1 amide bonds. The maximum atomic E-state index is 12.6. The zero-order valence-electron chi connectivity index (χ0n) is 12.3. The van der Waals surface area contributed by atoms with E-state index in [-0.39, 0.29) is 11.9 Å². The molecule has 20 heavy (non-hydrogen) atoms. The minimum Gasteiger partial charge on any atom is -0.332 e. The molecule has 2 heterocycles. The Labute approximate surface area is 124 Å². The van der Waals surface area contributed by atoms with Crippen molar-refractivity contribution in [2.24, 2.45) is 0 Å². The lowest BCUT2D eigenvalue weighted by molar-refractivity contribution is -0.136. The Kier molecular flexibility index (Phi) is 4.08. The van der Waals surface area contributed by atoms with Gasteiger partial charge in [-0.2, -0.15) is 0 Å². The summed E-state index contributed by atoms with van der Waals surface area (Å²) < 4.78 is 0. The van der Waals surface area contributed by atoms with Crippen LogP contribution in [0.2, 0.25) is 0 Å². The fourth-order valence-corrected chi connectivity index (χ4v) is 3.90. The number of hydrogen-bond acceptors (Lipinski definition) is 4. The van der Waals surface area contributed by atoms with Gasteiger partial charge in [0.2, 0.25) is 5.91 Å². The Balaban J connectivity index is 1.69. The molecule has 0 spiro atoms. The molecule has 0 unspecified atom stereocenters. The number of likely N-dealkylation sites (N-methyl/N-ethyl adjacent to an activating group) is 1. The highest BCUT2D eigenvalue weighted by atomic mass is 32.1. The van der Waals surface area contributed by atoms with Crippen molar-refractivity contribution in [2.75, 3.05) is 20.1 Å². The summed E-state index contributed by atoms with van der Waals surface area (Å²) in [5.41, 5.74) is 1.07. The fraction of sp³-hybridized carbons (Fsp3) is 0.733. The van der Waals surface area contributed by atoms with Gasteiger partial charge in [-0.1, -0.05) is 0 Å². The Morgan fingerprint density at radius 2 is 2.25 bits per heavy atom. The Morgan fingerprint density at radius 1 is 1.45 bits per heavy atom. The van der Waals surface area contributed by atoms with Gasteiger partial charge in [-0.3, -0.25) is 9.69 Å². The van der Waals surface area contributed by atoms with Gasteiger partial charge in [0.25, 0.3) is 0 Å². The standard InChI is InChI=1S/C15H23N3OS/c1-11-10-20-15(16-11)13-5-3-4-8-18(13)14(19)9-17(2)12-6-7-12/h10,12-13H,3-9H2,1-2H3/t13-/m1/s1. The van der Waals surface area contributed by atoms with Crippen molar-refractivity contribution < 1.29 is 4.79 Å². The first-order valence-electron chi connectivity index (χ1n) is 7.57. The molecule has 1 saturated carbocycles. The van der Waals surface area contributed by atoms with Crippen LogP contribution in [0, 0.1) is 6.92 Å². The average Bonchev–Trinajstić information content (AvgIpc) is 3.21. The molecule has 2 fully saturated rings. The van der Waals surface area contributed by atoms with Crippen LogP contribution in [-0.4, -0.2) is 46.9 Å². The van der Waals surface area contributed by atoms with Gasteiger partial charge >= 0.3 is 0 Å². The second kappa shape index (κ2) is 5.82. The molecule has 1 aromatic rings. The topological polar surface area (TPSA) is 36.4 Å². The molecule has 2 aliphatic rings. The first-order chi connectivity index (χ1) is 9.65. The SMILES string of the molecule is Cc1csc([C@H]2CCCCN2C(=O)CN(C)C2CC2)n1. The molecule has 5 heteroatoms. The van der Waals surface area contributed by atoms with Gasteiger partial charge in [0, 0.05) is 23.7 Å². The molecule has 0 radical (unpaired) electrons. The maximum absolute atomic E-state index is 12.6. The number of carbonyl (C=O) groups excluding carboxylic acids is 1. The van der Waals surface area contributed by atoms with E-state index in [2.05, 4.69) is 27.2 Å². The third kappa shape index (κ3) is 3.04. The van der Waals surface area contributed by atoms with Gasteiger partial charge in [-0.25, -0.2) is 4.98 Å². The van der Waals surface area contributed by atoms with Crippen LogP contribution < -0.4 is 0 Å². The number of carbonyl (C=O) groups is 1. The summed E-state index contributed by atoms with van der Waals surface area (Å²) in [6, 6.07) is 0.854. The van der Waals surface area contributed by atoms with E-state index in [4.69, 9.17) is 0 Å². The van der Waals surface area contributed by atoms with Crippen molar-refractivity contribution in [1.82, 2.24) is 14.8 Å². The van der Waals surface area contributed by atoms with Crippen molar-refractivity contribution in [2.45, 2.75) is 51.1 Å². The number of hydrogen-bond donors (Lipinski definition) is 0. The van der Waals surface area contributed by atoms with E-state index in [9.17, 15) is 4.79 Å². The number of aryl methyl sites for hydroxylation is 1. The highest BCUT2D eigenvalue weighted by Crippen LogP contribution is 2.33. The van der Waals surface area contributed by atoms with Gasteiger partial charge in [-0.05, 0) is 46.1 Å². The summed E-state index contributed by atoms with van der Waals surface area (Å²) >= 11 is 1.70. The van der Waals surface area contributed by atoms with E-state index in [1.54, 1.807) is 11.3 Å². The highest BCUT2D eigenvalue weighted by Gasteiger charge is 2.33. The molecule has 1 saturated heterocycles. The van der Waals surface area contributed by atoms with E-state index in [0.29, 0.717) is 12.6 Å². The van der Waals surface area contributed by atoms with Crippen molar-refractivity contribution in [3.63, 3.8) is 0 Å². The molecule has 1 aliphatic carbocycles. The zero-order valence-corrected chi connectivity index (χ0v) is 13.2. The summed E-state index contributed by atoms with van der Waals surface area (Å²) in [5.74, 6) is 0.275. The summed E-state index contributed by atoms with van der Waals surface area (Å²) in [6.07, 6.45) is 5.88. The van der Waals surface area contributed by atoms with E-state index in [1.807, 2.05) is 6.92 Å². The van der Waals surface area contributed by atoms with Crippen LogP contribution in [0.4, 0.5) is 0 Å². The predicted octanol–water partition coefficient (Wildman–Crippen LogP) is 2.60. The van der Waals surface area contributed by atoms with Crippen LogP contribution in [0.5, 0.6) is 0 Å². The van der Waals surface area contributed by atoms with Gasteiger partial charge in [0.05, 0.1) is 12.6 Å². The quantitative estimate of drug-likeness (QED) is 0.856. The number of thiazole rings is 1. The molecule has 3 rings (SSSR count). The zero-order chi connectivity index (χ0) is 14.1. The number of piperidine rings is 1. The molecule has 4 nitrogen and oxygen atoms in total. The van der Waals surface area contributed by atoms with Crippen molar-refractivity contribution in [1.29, 1.82) is 0 Å². The lowest BCUT2D eigenvalue weighted by Gasteiger charge is -2.35. The third-order valence-electron chi connectivity index (χ3n) is 4.30. The monoisotopic (exact) mass is 293 g/mol. The molecule has 1 atom stereocenters. The summed E-state index contributed by atoms with van der Waals surface area (Å²) in [7, 11) is 2.07. The van der Waals surface area contributed by atoms with Gasteiger partial charge in [0.15, 0.2) is 0 Å². The number of likely N-dealkylation sites (tertiary alicyclic amines) is 1. The highest BCUT2D eigenvalue weighted by molar-refractivity contribution is 7.09. The summed E-state index contributed by atoms with van der Waals surface area (Å²) in [6.45, 7) is 3.47. The molecule has 110 valence electrons. The number of amides is 1. The van der Waals surface area contributed by atoms with Gasteiger partial charge < -0.3 is 4.90 Å². The fourth-order valence-electron chi connectivity index (χ4n) is 2.96. The van der Waals surface area contributed by atoms with Crippen LogP contribution in [-0.2, 0) is 4.79 Å². The number of nitrogens with zero attached hydrogens (tertiary/aromatic N) is 3. The van der Waals surface area contributed by atoms with Crippen molar-refractivity contribution in [3.05, 3.63) is 16.1 Å². The Morgan fingerprint density at radius 3 is 2.90 bits per heavy atom. The normalized spacial score (nSPS) is 23.4. The summed E-state index contributed by atoms with van der Waals surface area (Å²) in [5, 5.41) is 3.20. The van der Waals surface area contributed by atoms with Gasteiger partial charge in [0.1, 0.15) is 5.01 Å². The van der Waals surface area contributed by atoms with Crippen LogP contribution >= 0.6 is 11.3 Å². The molecule has 0 bridgehead atoms. The molecule has 0 aromatic carbocycles. The minimum absolute atomic E-state index is 0.211. The largest absolute Gasteiger partial charge is 0.332 e. The smallest absolute Gasteiger partial charge is 0.237 e.